The van der Waals surface area contributed by atoms with Crippen LogP contribution in [0.5, 0.6) is 0 Å². The molecule has 1 aromatic rings. The normalized spacial score (nSPS) is 12.6. The lowest BCUT2D eigenvalue weighted by molar-refractivity contribution is -0.306. The van der Waals surface area contributed by atoms with Gasteiger partial charge < -0.3 is 20.0 Å². The lowest BCUT2D eigenvalue weighted by atomic mass is 10.0. The molecule has 0 fully saturated rings. The highest BCUT2D eigenvalue weighted by Crippen LogP contribution is 2.31. The Morgan fingerprint density at radius 2 is 1.95 bits per heavy atom. The summed E-state index contributed by atoms with van der Waals surface area (Å²) >= 11 is 11.9. The number of carboxylic acids is 1. The molecular formula is C14H16Cl2NO4-. The van der Waals surface area contributed by atoms with Crippen LogP contribution in [-0.2, 0) is 9.53 Å². The maximum Gasteiger partial charge on any atom is 0.408 e. The molecule has 0 spiro atoms. The molecule has 1 rings (SSSR count). The molecule has 5 nitrogen and oxygen atoms in total. The highest BCUT2D eigenvalue weighted by atomic mass is 35.5. The molecule has 1 amide bonds. The number of carbonyl (C=O) groups excluding carboxylic acids is 2. The minimum atomic E-state index is -1.33. The number of halogens is 2. The SMILES string of the molecule is CC(C)(C)OC(=O)N[C@H](CC(=O)[O-])c1cccc(Cl)c1Cl. The van der Waals surface area contributed by atoms with Crippen molar-refractivity contribution >= 4 is 35.3 Å². The molecule has 0 heterocycles. The van der Waals surface area contributed by atoms with E-state index in [1.54, 1.807) is 39.0 Å². The van der Waals surface area contributed by atoms with Gasteiger partial charge in [0, 0.05) is 12.4 Å². The number of rotatable bonds is 4. The quantitative estimate of drug-likeness (QED) is 0.919. The highest BCUT2D eigenvalue weighted by molar-refractivity contribution is 6.42. The molecule has 1 atom stereocenters. The van der Waals surface area contributed by atoms with E-state index in [4.69, 9.17) is 27.9 Å². The zero-order valence-electron chi connectivity index (χ0n) is 11.9. The monoisotopic (exact) mass is 332 g/mol. The van der Waals surface area contributed by atoms with Gasteiger partial charge in [0.05, 0.1) is 16.1 Å². The first-order valence-corrected chi connectivity index (χ1v) is 6.99. The third-order valence-corrected chi connectivity index (χ3v) is 3.25. The molecule has 0 aliphatic heterocycles. The van der Waals surface area contributed by atoms with E-state index >= 15 is 0 Å². The molecule has 1 aromatic carbocycles. The minimum absolute atomic E-state index is 0.182. The number of ether oxygens (including phenoxy) is 1. The Kier molecular flexibility index (Phi) is 5.87. The predicted molar refractivity (Wildman–Crippen MR) is 78.2 cm³/mol. The zero-order valence-corrected chi connectivity index (χ0v) is 13.4. The first-order chi connectivity index (χ1) is 9.60. The molecular weight excluding hydrogens is 317 g/mol. The second kappa shape index (κ2) is 7.00. The molecule has 0 unspecified atom stereocenters. The average molecular weight is 333 g/mol. The zero-order chi connectivity index (χ0) is 16.2. The maximum absolute atomic E-state index is 11.8. The standard InChI is InChI=1S/C14H17Cl2NO4/c1-14(2,3)21-13(20)17-10(7-11(18)19)8-5-4-6-9(15)12(8)16/h4-6,10H,7H2,1-3H3,(H,17,20)(H,18,19)/p-1/t10-/m1/s1. The number of nitrogens with one attached hydrogen (secondary N) is 1. The maximum atomic E-state index is 11.8. The summed E-state index contributed by atoms with van der Waals surface area (Å²) in [5.74, 6) is -1.33. The van der Waals surface area contributed by atoms with Crippen LogP contribution in [0.25, 0.3) is 0 Å². The van der Waals surface area contributed by atoms with Gasteiger partial charge in [0.2, 0.25) is 0 Å². The lowest BCUT2D eigenvalue weighted by Gasteiger charge is -2.25. The van der Waals surface area contributed by atoms with Crippen LogP contribution in [0.15, 0.2) is 18.2 Å². The van der Waals surface area contributed by atoms with Crippen LogP contribution >= 0.6 is 23.2 Å². The Balaban J connectivity index is 2.98. The van der Waals surface area contributed by atoms with Crippen molar-refractivity contribution in [1.29, 1.82) is 0 Å². The number of hydrogen-bond donors (Lipinski definition) is 1. The van der Waals surface area contributed by atoms with E-state index in [9.17, 15) is 14.7 Å². The van der Waals surface area contributed by atoms with Gasteiger partial charge in [0.25, 0.3) is 0 Å². The first kappa shape index (κ1) is 17.6. The van der Waals surface area contributed by atoms with Crippen LogP contribution in [-0.4, -0.2) is 17.7 Å². The minimum Gasteiger partial charge on any atom is -0.550 e. The molecule has 0 saturated carbocycles. The second-order valence-electron chi connectivity index (χ2n) is 5.42. The van der Waals surface area contributed by atoms with E-state index in [0.717, 1.165) is 0 Å². The molecule has 0 aliphatic rings. The Labute approximate surface area is 133 Å². The topological polar surface area (TPSA) is 78.5 Å². The molecule has 21 heavy (non-hydrogen) atoms. The fourth-order valence-corrected chi connectivity index (χ4v) is 2.08. The number of alkyl carbamates (subject to hydrolysis) is 1. The number of amides is 1. The van der Waals surface area contributed by atoms with E-state index in [2.05, 4.69) is 5.32 Å². The molecule has 0 saturated heterocycles. The van der Waals surface area contributed by atoms with Crippen LogP contribution in [0.3, 0.4) is 0 Å². The van der Waals surface area contributed by atoms with Gasteiger partial charge in [-0.05, 0) is 32.4 Å². The summed E-state index contributed by atoms with van der Waals surface area (Å²) in [7, 11) is 0. The Hall–Kier alpha value is -1.46. The van der Waals surface area contributed by atoms with Crippen molar-refractivity contribution in [1.82, 2.24) is 5.32 Å². The summed E-state index contributed by atoms with van der Waals surface area (Å²) in [5, 5.41) is 13.8. The Bertz CT molecular complexity index is 540. The molecule has 0 bridgehead atoms. The van der Waals surface area contributed by atoms with Crippen LogP contribution in [0.1, 0.15) is 38.8 Å². The van der Waals surface area contributed by atoms with E-state index < -0.39 is 30.1 Å². The number of carboxylic acid groups (broad SMARTS) is 1. The molecule has 7 heteroatoms. The second-order valence-corrected chi connectivity index (χ2v) is 6.20. The third-order valence-electron chi connectivity index (χ3n) is 2.42. The van der Waals surface area contributed by atoms with Crippen LogP contribution < -0.4 is 10.4 Å². The van der Waals surface area contributed by atoms with Gasteiger partial charge in [-0.3, -0.25) is 0 Å². The van der Waals surface area contributed by atoms with E-state index in [1.165, 1.54) is 0 Å². The van der Waals surface area contributed by atoms with Crippen molar-refractivity contribution < 1.29 is 19.4 Å². The highest BCUT2D eigenvalue weighted by Gasteiger charge is 2.22. The Morgan fingerprint density at radius 1 is 1.33 bits per heavy atom. The summed E-state index contributed by atoms with van der Waals surface area (Å²) in [5.41, 5.74) is -0.312. The van der Waals surface area contributed by atoms with Gasteiger partial charge in [0.15, 0.2) is 0 Å². The van der Waals surface area contributed by atoms with Gasteiger partial charge in [-0.25, -0.2) is 4.79 Å². The van der Waals surface area contributed by atoms with Gasteiger partial charge in [-0.1, -0.05) is 35.3 Å². The van der Waals surface area contributed by atoms with Gasteiger partial charge in [-0.2, -0.15) is 0 Å². The van der Waals surface area contributed by atoms with Gasteiger partial charge in [-0.15, -0.1) is 0 Å². The Morgan fingerprint density at radius 3 is 2.48 bits per heavy atom. The molecule has 0 radical (unpaired) electrons. The van der Waals surface area contributed by atoms with Crippen molar-refractivity contribution in [3.8, 4) is 0 Å². The third kappa shape index (κ3) is 5.81. The summed E-state index contributed by atoms with van der Waals surface area (Å²) in [4.78, 5) is 22.7. The summed E-state index contributed by atoms with van der Waals surface area (Å²) in [6, 6.07) is 3.87. The fourth-order valence-electron chi connectivity index (χ4n) is 1.64. The van der Waals surface area contributed by atoms with Crippen molar-refractivity contribution in [3.05, 3.63) is 33.8 Å². The largest absolute Gasteiger partial charge is 0.550 e. The van der Waals surface area contributed by atoms with Crippen molar-refractivity contribution in [3.63, 3.8) is 0 Å². The lowest BCUT2D eigenvalue weighted by Crippen LogP contribution is -2.37. The fraction of sp³-hybridized carbons (Fsp3) is 0.429. The van der Waals surface area contributed by atoms with Gasteiger partial charge >= 0.3 is 6.09 Å². The number of aliphatic carboxylic acids is 1. The van der Waals surface area contributed by atoms with E-state index in [0.29, 0.717) is 5.56 Å². The first-order valence-electron chi connectivity index (χ1n) is 6.23. The summed E-state index contributed by atoms with van der Waals surface area (Å²) < 4.78 is 5.10. The number of benzene rings is 1. The number of hydrogen-bond acceptors (Lipinski definition) is 4. The van der Waals surface area contributed by atoms with Gasteiger partial charge in [0.1, 0.15) is 5.60 Å². The predicted octanol–water partition coefficient (Wildman–Crippen LogP) is 2.70. The van der Waals surface area contributed by atoms with Crippen LogP contribution in [0.4, 0.5) is 4.79 Å². The van der Waals surface area contributed by atoms with Crippen molar-refractivity contribution in [2.24, 2.45) is 0 Å². The summed E-state index contributed by atoms with van der Waals surface area (Å²) in [6.07, 6.45) is -1.19. The van der Waals surface area contributed by atoms with Crippen LogP contribution in [0, 0.1) is 0 Å². The smallest absolute Gasteiger partial charge is 0.408 e. The molecule has 0 aromatic heterocycles. The van der Waals surface area contributed by atoms with Crippen molar-refractivity contribution in [2.45, 2.75) is 38.8 Å². The summed E-state index contributed by atoms with van der Waals surface area (Å²) in [6.45, 7) is 5.10. The number of carbonyl (C=O) groups is 2. The van der Waals surface area contributed by atoms with Crippen molar-refractivity contribution in [2.75, 3.05) is 0 Å². The van der Waals surface area contributed by atoms with E-state index in [1.807, 2.05) is 0 Å². The van der Waals surface area contributed by atoms with E-state index in [-0.39, 0.29) is 10.0 Å². The molecule has 1 N–H and O–H groups in total. The molecule has 0 aliphatic carbocycles. The van der Waals surface area contributed by atoms with Crippen LogP contribution in [0.2, 0.25) is 10.0 Å². The molecule has 116 valence electrons. The average Bonchev–Trinajstić information content (AvgIpc) is 2.28.